The van der Waals surface area contributed by atoms with Crippen molar-refractivity contribution >= 4 is 16.0 Å². The minimum Gasteiger partial charge on any atom is -0.496 e. The van der Waals surface area contributed by atoms with Gasteiger partial charge in [0.2, 0.25) is 10.0 Å². The number of hydrogen-bond donors (Lipinski definition) is 1. The van der Waals surface area contributed by atoms with Gasteiger partial charge in [-0.15, -0.1) is 0 Å². The van der Waals surface area contributed by atoms with Gasteiger partial charge in [0.05, 0.1) is 19.1 Å². The van der Waals surface area contributed by atoms with E-state index < -0.39 is 16.0 Å². The molecule has 24 heavy (non-hydrogen) atoms. The number of nitrogens with zero attached hydrogens (tertiary/aromatic N) is 1. The van der Waals surface area contributed by atoms with Crippen molar-refractivity contribution in [2.45, 2.75) is 31.2 Å². The third kappa shape index (κ3) is 3.40. The van der Waals surface area contributed by atoms with Crippen molar-refractivity contribution in [1.29, 1.82) is 0 Å². The lowest BCUT2D eigenvalue weighted by molar-refractivity contribution is 0.0596. The smallest absolute Gasteiger partial charge is 0.341 e. The molecule has 0 radical (unpaired) electrons. The molecule has 134 valence electrons. The molecule has 1 heterocycles. The SMILES string of the molecule is COC(=O)c1cc(S(=O)(=O)N2CCC(N)C(C)(C)C2)ccc1OC. The molecule has 1 atom stereocenters. The summed E-state index contributed by atoms with van der Waals surface area (Å²) >= 11 is 0. The van der Waals surface area contributed by atoms with E-state index in [1.165, 1.54) is 36.7 Å². The molecule has 0 bridgehead atoms. The number of hydrogen-bond acceptors (Lipinski definition) is 6. The van der Waals surface area contributed by atoms with Crippen LogP contribution in [0.15, 0.2) is 23.1 Å². The van der Waals surface area contributed by atoms with Crippen molar-refractivity contribution in [3.63, 3.8) is 0 Å². The normalized spacial score (nSPS) is 21.3. The van der Waals surface area contributed by atoms with Crippen LogP contribution in [0.25, 0.3) is 0 Å². The van der Waals surface area contributed by atoms with Gasteiger partial charge in [0.1, 0.15) is 11.3 Å². The first-order valence-corrected chi connectivity index (χ1v) is 9.09. The van der Waals surface area contributed by atoms with Gasteiger partial charge in [-0.25, -0.2) is 13.2 Å². The van der Waals surface area contributed by atoms with E-state index in [-0.39, 0.29) is 27.7 Å². The summed E-state index contributed by atoms with van der Waals surface area (Å²) in [6.07, 6.45) is 0.590. The molecule has 1 aliphatic heterocycles. The Balaban J connectivity index is 2.41. The molecule has 0 amide bonds. The van der Waals surface area contributed by atoms with Crippen LogP contribution in [-0.2, 0) is 14.8 Å². The average Bonchev–Trinajstić information content (AvgIpc) is 2.55. The molecule has 1 fully saturated rings. The lowest BCUT2D eigenvalue weighted by Gasteiger charge is -2.41. The Morgan fingerprint density at radius 2 is 2.00 bits per heavy atom. The second kappa shape index (κ2) is 6.70. The highest BCUT2D eigenvalue weighted by atomic mass is 32.2. The minimum absolute atomic E-state index is 0.0370. The van der Waals surface area contributed by atoms with E-state index in [2.05, 4.69) is 0 Å². The predicted molar refractivity (Wildman–Crippen MR) is 89.5 cm³/mol. The van der Waals surface area contributed by atoms with Gasteiger partial charge >= 0.3 is 5.97 Å². The molecule has 2 N–H and O–H groups in total. The fourth-order valence-corrected chi connectivity index (χ4v) is 4.45. The van der Waals surface area contributed by atoms with Crippen LogP contribution < -0.4 is 10.5 Å². The Labute approximate surface area is 142 Å². The second-order valence-corrected chi connectivity index (χ2v) is 8.51. The zero-order valence-corrected chi connectivity index (χ0v) is 15.2. The molecule has 1 aliphatic rings. The molecule has 1 aromatic carbocycles. The number of ether oxygens (including phenoxy) is 2. The van der Waals surface area contributed by atoms with Gasteiger partial charge in [0, 0.05) is 19.1 Å². The molecule has 1 saturated heterocycles. The van der Waals surface area contributed by atoms with Crippen LogP contribution in [-0.4, -0.2) is 52.0 Å². The number of nitrogens with two attached hydrogens (primary N) is 1. The molecule has 0 spiro atoms. The van der Waals surface area contributed by atoms with Crippen LogP contribution in [0.2, 0.25) is 0 Å². The fraction of sp³-hybridized carbons (Fsp3) is 0.562. The van der Waals surface area contributed by atoms with Crippen LogP contribution in [0.4, 0.5) is 0 Å². The number of esters is 1. The number of methoxy groups -OCH3 is 2. The van der Waals surface area contributed by atoms with E-state index in [9.17, 15) is 13.2 Å². The Morgan fingerprint density at radius 3 is 2.54 bits per heavy atom. The van der Waals surface area contributed by atoms with Gasteiger partial charge in [-0.3, -0.25) is 0 Å². The molecule has 0 saturated carbocycles. The first-order chi connectivity index (χ1) is 11.1. The third-order valence-electron chi connectivity index (χ3n) is 4.49. The van der Waals surface area contributed by atoms with E-state index in [0.717, 1.165) is 0 Å². The predicted octanol–water partition coefficient (Wildman–Crippen LogP) is 1.23. The summed E-state index contributed by atoms with van der Waals surface area (Å²) in [6, 6.07) is 4.13. The van der Waals surface area contributed by atoms with Crippen LogP contribution in [0.3, 0.4) is 0 Å². The summed E-state index contributed by atoms with van der Waals surface area (Å²) in [6.45, 7) is 4.59. The first kappa shape index (κ1) is 18.7. The van der Waals surface area contributed by atoms with Crippen molar-refractivity contribution in [2.24, 2.45) is 11.1 Å². The Morgan fingerprint density at radius 1 is 1.33 bits per heavy atom. The summed E-state index contributed by atoms with van der Waals surface area (Å²) in [5.41, 5.74) is 5.84. The van der Waals surface area contributed by atoms with Crippen molar-refractivity contribution < 1.29 is 22.7 Å². The largest absolute Gasteiger partial charge is 0.496 e. The second-order valence-electron chi connectivity index (χ2n) is 6.58. The average molecular weight is 356 g/mol. The molecule has 7 nitrogen and oxygen atoms in total. The zero-order chi connectivity index (χ0) is 18.1. The van der Waals surface area contributed by atoms with Crippen molar-refractivity contribution in [3.05, 3.63) is 23.8 Å². The van der Waals surface area contributed by atoms with Crippen LogP contribution >= 0.6 is 0 Å². The van der Waals surface area contributed by atoms with Crippen molar-refractivity contribution in [1.82, 2.24) is 4.31 Å². The maximum atomic E-state index is 12.9. The molecular formula is C16H24N2O5S. The van der Waals surface area contributed by atoms with Gasteiger partial charge in [-0.1, -0.05) is 13.8 Å². The summed E-state index contributed by atoms with van der Waals surface area (Å²) in [5, 5.41) is 0. The molecule has 2 rings (SSSR count). The molecule has 1 aromatic rings. The number of carbonyl (C=O) groups excluding carboxylic acids is 1. The highest BCUT2D eigenvalue weighted by Gasteiger charge is 2.39. The van der Waals surface area contributed by atoms with Gasteiger partial charge in [0.15, 0.2) is 0 Å². The van der Waals surface area contributed by atoms with E-state index >= 15 is 0 Å². The Hall–Kier alpha value is -1.64. The quantitative estimate of drug-likeness (QED) is 0.815. The van der Waals surface area contributed by atoms with Gasteiger partial charge in [0.25, 0.3) is 0 Å². The number of piperidine rings is 1. The van der Waals surface area contributed by atoms with Gasteiger partial charge in [-0.2, -0.15) is 4.31 Å². The van der Waals surface area contributed by atoms with E-state index in [1.54, 1.807) is 0 Å². The summed E-state index contributed by atoms with van der Waals surface area (Å²) in [5.74, 6) is -0.383. The molecule has 0 aliphatic carbocycles. The van der Waals surface area contributed by atoms with Crippen molar-refractivity contribution in [3.8, 4) is 5.75 Å². The van der Waals surface area contributed by atoms with Crippen LogP contribution in [0, 0.1) is 5.41 Å². The topological polar surface area (TPSA) is 98.9 Å². The Bertz CT molecular complexity index is 730. The monoisotopic (exact) mass is 356 g/mol. The zero-order valence-electron chi connectivity index (χ0n) is 14.4. The maximum absolute atomic E-state index is 12.9. The first-order valence-electron chi connectivity index (χ1n) is 7.65. The number of sulfonamides is 1. The lowest BCUT2D eigenvalue weighted by Crippen LogP contribution is -2.53. The standard InChI is InChI=1S/C16H24N2O5S/c1-16(2)10-18(8-7-14(16)17)24(20,21)11-5-6-13(22-3)12(9-11)15(19)23-4/h5-6,9,14H,7-8,10,17H2,1-4H3. The third-order valence-corrected chi connectivity index (χ3v) is 6.33. The van der Waals surface area contributed by atoms with E-state index in [4.69, 9.17) is 15.2 Å². The summed E-state index contributed by atoms with van der Waals surface area (Å²) in [7, 11) is -1.09. The number of benzene rings is 1. The number of carbonyl (C=O) groups is 1. The molecular weight excluding hydrogens is 332 g/mol. The van der Waals surface area contributed by atoms with E-state index in [1.807, 2.05) is 13.8 Å². The van der Waals surface area contributed by atoms with Crippen molar-refractivity contribution in [2.75, 3.05) is 27.3 Å². The minimum atomic E-state index is -3.73. The molecule has 1 unspecified atom stereocenters. The van der Waals surface area contributed by atoms with Crippen LogP contribution in [0.5, 0.6) is 5.75 Å². The van der Waals surface area contributed by atoms with Crippen LogP contribution in [0.1, 0.15) is 30.6 Å². The van der Waals surface area contributed by atoms with Gasteiger partial charge < -0.3 is 15.2 Å². The highest BCUT2D eigenvalue weighted by molar-refractivity contribution is 7.89. The van der Waals surface area contributed by atoms with E-state index in [0.29, 0.717) is 19.5 Å². The molecule has 0 aromatic heterocycles. The maximum Gasteiger partial charge on any atom is 0.341 e. The summed E-state index contributed by atoms with van der Waals surface area (Å²) < 4.78 is 37.1. The summed E-state index contributed by atoms with van der Waals surface area (Å²) in [4.78, 5) is 11.9. The number of rotatable bonds is 4. The van der Waals surface area contributed by atoms with Gasteiger partial charge in [-0.05, 0) is 30.0 Å². The lowest BCUT2D eigenvalue weighted by atomic mass is 9.81. The molecule has 8 heteroatoms. The highest BCUT2D eigenvalue weighted by Crippen LogP contribution is 2.32. The Kier molecular flexibility index (Phi) is 5.22. The fourth-order valence-electron chi connectivity index (χ4n) is 2.80.